The maximum atomic E-state index is 13.2. The maximum Gasteiger partial charge on any atom is 0.401 e. The third-order valence-electron chi connectivity index (χ3n) is 5.65. The van der Waals surface area contributed by atoms with Crippen LogP contribution in [0.1, 0.15) is 38.6 Å². The first-order chi connectivity index (χ1) is 15.6. The fourth-order valence-corrected chi connectivity index (χ4v) is 4.14. The number of hydrogen-bond acceptors (Lipinski definition) is 7. The highest BCUT2D eigenvalue weighted by atomic mass is 32.1. The van der Waals surface area contributed by atoms with E-state index in [2.05, 4.69) is 29.9 Å². The van der Waals surface area contributed by atoms with Crippen LogP contribution in [0.3, 0.4) is 0 Å². The van der Waals surface area contributed by atoms with Crippen LogP contribution in [-0.4, -0.2) is 52.1 Å². The predicted molar refractivity (Wildman–Crippen MR) is 122 cm³/mol. The average Bonchev–Trinajstić information content (AvgIpc) is 3.47. The van der Waals surface area contributed by atoms with E-state index in [9.17, 15) is 13.2 Å². The van der Waals surface area contributed by atoms with Gasteiger partial charge in [-0.1, -0.05) is 6.92 Å². The monoisotopic (exact) mass is 478 g/mol. The molecule has 4 aromatic heterocycles. The Morgan fingerprint density at radius 2 is 2.03 bits per heavy atom. The van der Waals surface area contributed by atoms with Gasteiger partial charge in [-0.25, -0.2) is 9.97 Å². The lowest BCUT2D eigenvalue weighted by Gasteiger charge is -2.38. The molecule has 2 N–H and O–H groups in total. The Kier molecular flexibility index (Phi) is 6.14. The molecule has 33 heavy (non-hydrogen) atoms. The molecule has 0 bridgehead atoms. The number of hydrogen-bond donors (Lipinski definition) is 2. The Morgan fingerprint density at radius 3 is 2.70 bits per heavy atom. The number of fused-ring (bicyclic) bond motifs is 1. The van der Waals surface area contributed by atoms with Gasteiger partial charge in [-0.05, 0) is 44.8 Å². The number of anilines is 2. The molecular formula is C21H25F3N8S. The molecule has 176 valence electrons. The summed E-state index contributed by atoms with van der Waals surface area (Å²) in [5, 5.41) is 10.7. The highest BCUT2D eigenvalue weighted by Crippen LogP contribution is 2.30. The standard InChI is InChI=1S/C21H25F3N8S/c1-5-20(3,4)31(12-21(22,23)24)11-15-6-17(33-30-15)29-18-19-25-9-16(14-7-26-27-8-14)32(19)10-13(2)28-18/h6-10H,5,11-12H2,1-4H3,(H,26,27)(H,28,29). The van der Waals surface area contributed by atoms with Crippen molar-refractivity contribution in [3.8, 4) is 11.3 Å². The van der Waals surface area contributed by atoms with Gasteiger partial charge in [-0.2, -0.15) is 22.6 Å². The molecule has 0 aliphatic carbocycles. The summed E-state index contributed by atoms with van der Waals surface area (Å²) in [6, 6.07) is 1.76. The van der Waals surface area contributed by atoms with Gasteiger partial charge in [0.15, 0.2) is 11.5 Å². The number of alkyl halides is 3. The summed E-state index contributed by atoms with van der Waals surface area (Å²) in [5.41, 5.74) is 3.11. The third kappa shape index (κ3) is 5.17. The first-order valence-corrected chi connectivity index (χ1v) is 11.2. The number of imidazole rings is 1. The molecule has 4 aromatic rings. The summed E-state index contributed by atoms with van der Waals surface area (Å²) in [4.78, 5) is 10.5. The molecule has 4 rings (SSSR count). The van der Waals surface area contributed by atoms with E-state index >= 15 is 0 Å². The second-order valence-corrected chi connectivity index (χ2v) is 9.30. The van der Waals surface area contributed by atoms with Gasteiger partial charge in [0, 0.05) is 30.0 Å². The van der Waals surface area contributed by atoms with Crippen LogP contribution < -0.4 is 5.32 Å². The zero-order valence-electron chi connectivity index (χ0n) is 18.7. The van der Waals surface area contributed by atoms with Gasteiger partial charge in [0.25, 0.3) is 0 Å². The lowest BCUT2D eigenvalue weighted by molar-refractivity contribution is -0.159. The molecule has 0 atom stereocenters. The molecule has 8 nitrogen and oxygen atoms in total. The van der Waals surface area contributed by atoms with Crippen molar-refractivity contribution in [2.45, 2.75) is 52.4 Å². The normalized spacial score (nSPS) is 12.7. The van der Waals surface area contributed by atoms with Crippen LogP contribution >= 0.6 is 11.5 Å². The van der Waals surface area contributed by atoms with Gasteiger partial charge in [-0.15, -0.1) is 0 Å². The molecule has 0 aliphatic heterocycles. The van der Waals surface area contributed by atoms with Crippen LogP contribution in [0, 0.1) is 6.92 Å². The fourth-order valence-electron chi connectivity index (χ4n) is 3.48. The molecule has 0 fully saturated rings. The highest BCUT2D eigenvalue weighted by molar-refractivity contribution is 7.10. The lowest BCUT2D eigenvalue weighted by Crippen LogP contribution is -2.47. The summed E-state index contributed by atoms with van der Waals surface area (Å²) >= 11 is 1.18. The van der Waals surface area contributed by atoms with Crippen molar-refractivity contribution in [2.24, 2.45) is 0 Å². The minimum atomic E-state index is -4.28. The molecule has 0 amide bonds. The molecular weight excluding hydrogens is 453 g/mol. The Bertz CT molecular complexity index is 1230. The Balaban J connectivity index is 1.58. The van der Waals surface area contributed by atoms with E-state index in [1.165, 1.54) is 16.4 Å². The van der Waals surface area contributed by atoms with Crippen molar-refractivity contribution in [3.63, 3.8) is 0 Å². The predicted octanol–water partition coefficient (Wildman–Crippen LogP) is 5.18. The number of H-pyrrole nitrogens is 1. The molecule has 0 saturated heterocycles. The molecule has 0 saturated carbocycles. The number of rotatable bonds is 8. The van der Waals surface area contributed by atoms with Crippen molar-refractivity contribution in [1.29, 1.82) is 0 Å². The van der Waals surface area contributed by atoms with Crippen molar-refractivity contribution in [3.05, 3.63) is 42.2 Å². The second-order valence-electron chi connectivity index (χ2n) is 8.50. The second kappa shape index (κ2) is 8.75. The summed E-state index contributed by atoms with van der Waals surface area (Å²) in [7, 11) is 0. The smallest absolute Gasteiger partial charge is 0.328 e. The Labute approximate surface area is 193 Å². The van der Waals surface area contributed by atoms with Crippen LogP contribution in [0.25, 0.3) is 16.9 Å². The molecule has 0 spiro atoms. The quantitative estimate of drug-likeness (QED) is 0.363. The summed E-state index contributed by atoms with van der Waals surface area (Å²) < 4.78 is 45.8. The van der Waals surface area contributed by atoms with E-state index in [-0.39, 0.29) is 6.54 Å². The van der Waals surface area contributed by atoms with Gasteiger partial charge in [0.05, 0.1) is 36.0 Å². The number of aromatic amines is 1. The average molecular weight is 479 g/mol. The van der Waals surface area contributed by atoms with Crippen molar-refractivity contribution < 1.29 is 13.2 Å². The number of aromatic nitrogens is 6. The fraction of sp³-hybridized carbons (Fsp3) is 0.429. The van der Waals surface area contributed by atoms with Gasteiger partial charge < -0.3 is 5.32 Å². The van der Waals surface area contributed by atoms with Gasteiger partial charge in [-0.3, -0.25) is 14.4 Å². The number of halogens is 3. The van der Waals surface area contributed by atoms with Gasteiger partial charge in [0.1, 0.15) is 5.00 Å². The number of nitrogens with zero attached hydrogens (tertiary/aromatic N) is 6. The number of aryl methyl sites for hydroxylation is 1. The van der Waals surface area contributed by atoms with Gasteiger partial charge >= 0.3 is 6.18 Å². The van der Waals surface area contributed by atoms with Gasteiger partial charge in [0.2, 0.25) is 0 Å². The highest BCUT2D eigenvalue weighted by Gasteiger charge is 2.37. The first-order valence-electron chi connectivity index (χ1n) is 10.4. The van der Waals surface area contributed by atoms with E-state index in [1.807, 2.05) is 38.3 Å². The maximum absolute atomic E-state index is 13.2. The van der Waals surface area contributed by atoms with E-state index in [0.717, 1.165) is 17.0 Å². The zero-order valence-corrected chi connectivity index (χ0v) is 19.5. The van der Waals surface area contributed by atoms with Crippen LogP contribution in [0.5, 0.6) is 0 Å². The van der Waals surface area contributed by atoms with Crippen LogP contribution in [0.15, 0.2) is 30.9 Å². The minimum Gasteiger partial charge on any atom is -0.328 e. The van der Waals surface area contributed by atoms with Crippen molar-refractivity contribution in [1.82, 2.24) is 33.8 Å². The third-order valence-corrected chi connectivity index (χ3v) is 6.39. The largest absolute Gasteiger partial charge is 0.401 e. The molecule has 4 heterocycles. The zero-order chi connectivity index (χ0) is 23.8. The van der Waals surface area contributed by atoms with Crippen LogP contribution in [0.4, 0.5) is 24.0 Å². The topological polar surface area (TPSA) is 87.0 Å². The van der Waals surface area contributed by atoms with E-state index in [0.29, 0.717) is 28.6 Å². The Hall–Kier alpha value is -2.99. The lowest BCUT2D eigenvalue weighted by atomic mass is 9.99. The molecule has 0 aliphatic rings. The molecule has 0 aromatic carbocycles. The van der Waals surface area contributed by atoms with Crippen molar-refractivity contribution in [2.75, 3.05) is 11.9 Å². The van der Waals surface area contributed by atoms with E-state index < -0.39 is 18.3 Å². The molecule has 0 radical (unpaired) electrons. The molecule has 12 heteroatoms. The van der Waals surface area contributed by atoms with E-state index in [1.54, 1.807) is 24.7 Å². The summed E-state index contributed by atoms with van der Waals surface area (Å²) in [6.07, 6.45) is 3.43. The van der Waals surface area contributed by atoms with Crippen molar-refractivity contribution >= 4 is 28.0 Å². The first kappa shape index (κ1) is 23.2. The summed E-state index contributed by atoms with van der Waals surface area (Å²) in [5.74, 6) is 0.543. The molecule has 0 unspecified atom stereocenters. The number of nitrogens with one attached hydrogen (secondary N) is 2. The van der Waals surface area contributed by atoms with Crippen LogP contribution in [-0.2, 0) is 6.54 Å². The summed E-state index contributed by atoms with van der Waals surface area (Å²) in [6.45, 7) is 6.50. The van der Waals surface area contributed by atoms with E-state index in [4.69, 9.17) is 0 Å². The van der Waals surface area contributed by atoms with Crippen LogP contribution in [0.2, 0.25) is 0 Å². The minimum absolute atomic E-state index is 0.100. The Morgan fingerprint density at radius 1 is 1.24 bits per heavy atom. The SMILES string of the molecule is CCC(C)(C)N(Cc1cc(Nc2nc(C)cn3c(-c4cn[nH]c4)cnc23)sn1)CC(F)(F)F.